The summed E-state index contributed by atoms with van der Waals surface area (Å²) in [7, 11) is 0. The zero-order valence-corrected chi connectivity index (χ0v) is 12.3. The smallest absolute Gasteiger partial charge is 0.00133 e. The minimum atomic E-state index is 1.08. The van der Waals surface area contributed by atoms with Crippen LogP contribution in [-0.2, 0) is 12.8 Å². The summed E-state index contributed by atoms with van der Waals surface area (Å²) in [5, 5.41) is 0. The lowest BCUT2D eigenvalue weighted by atomic mass is 9.95. The van der Waals surface area contributed by atoms with E-state index in [0.29, 0.717) is 0 Å². The highest BCUT2D eigenvalue weighted by Crippen LogP contribution is 2.41. The fraction of sp³-hybridized carbons (Fsp3) is 0.143. The van der Waals surface area contributed by atoms with Crippen LogP contribution < -0.4 is 0 Å². The zero-order valence-electron chi connectivity index (χ0n) is 12.3. The van der Waals surface area contributed by atoms with E-state index in [0.717, 1.165) is 12.8 Å². The molecule has 4 rings (SSSR count). The monoisotopic (exact) mass is 270 g/mol. The van der Waals surface area contributed by atoms with Crippen LogP contribution in [-0.4, -0.2) is 0 Å². The predicted octanol–water partition coefficient (Wildman–Crippen LogP) is 5.49. The van der Waals surface area contributed by atoms with Crippen molar-refractivity contribution in [2.24, 2.45) is 0 Å². The minimum absolute atomic E-state index is 1.08. The van der Waals surface area contributed by atoms with Gasteiger partial charge in [0, 0.05) is 0 Å². The molecule has 0 saturated carbocycles. The number of hydrogen-bond acceptors (Lipinski definition) is 0. The first-order valence-electron chi connectivity index (χ1n) is 7.66. The van der Waals surface area contributed by atoms with Crippen molar-refractivity contribution in [3.05, 3.63) is 83.4 Å². The second kappa shape index (κ2) is 4.89. The van der Waals surface area contributed by atoms with E-state index < -0.39 is 0 Å². The molecular weight excluding hydrogens is 252 g/mol. The van der Waals surface area contributed by atoms with Crippen LogP contribution in [0.5, 0.6) is 0 Å². The number of rotatable bonds is 2. The maximum absolute atomic E-state index is 2.37. The first-order chi connectivity index (χ1) is 10.4. The molecule has 102 valence electrons. The molecule has 0 radical (unpaired) electrons. The van der Waals surface area contributed by atoms with Gasteiger partial charge in [-0.1, -0.05) is 67.6 Å². The SMILES string of the molecule is CCc1cccc2c1-c1cc(-c3ccccc3)ccc1C2. The van der Waals surface area contributed by atoms with E-state index in [2.05, 4.69) is 73.7 Å². The molecule has 0 heterocycles. The molecule has 0 aromatic heterocycles. The highest BCUT2D eigenvalue weighted by atomic mass is 14.2. The molecule has 0 spiro atoms. The summed E-state index contributed by atoms with van der Waals surface area (Å²) in [4.78, 5) is 0. The molecule has 3 aromatic rings. The molecule has 0 saturated heterocycles. The minimum Gasteiger partial charge on any atom is -0.0622 e. The van der Waals surface area contributed by atoms with Crippen molar-refractivity contribution in [3.8, 4) is 22.3 Å². The molecule has 0 amide bonds. The lowest BCUT2D eigenvalue weighted by Crippen LogP contribution is -1.88. The number of fused-ring (bicyclic) bond motifs is 3. The van der Waals surface area contributed by atoms with Crippen LogP contribution in [0.4, 0.5) is 0 Å². The molecule has 0 bridgehead atoms. The third-order valence-corrected chi connectivity index (χ3v) is 4.49. The molecule has 0 fully saturated rings. The van der Waals surface area contributed by atoms with Gasteiger partial charge in [0.1, 0.15) is 0 Å². The van der Waals surface area contributed by atoms with Gasteiger partial charge in [-0.25, -0.2) is 0 Å². The average molecular weight is 270 g/mol. The van der Waals surface area contributed by atoms with Gasteiger partial charge in [0.25, 0.3) is 0 Å². The second-order valence-electron chi connectivity index (χ2n) is 5.72. The lowest BCUT2D eigenvalue weighted by molar-refractivity contribution is 1.14. The molecule has 0 unspecified atom stereocenters. The van der Waals surface area contributed by atoms with E-state index in [1.165, 1.54) is 38.9 Å². The van der Waals surface area contributed by atoms with Gasteiger partial charge in [-0.15, -0.1) is 0 Å². The van der Waals surface area contributed by atoms with E-state index in [-0.39, 0.29) is 0 Å². The number of aryl methyl sites for hydroxylation is 1. The summed E-state index contributed by atoms with van der Waals surface area (Å²) in [6.45, 7) is 2.24. The Bertz CT molecular complexity index is 798. The molecule has 0 aliphatic heterocycles. The van der Waals surface area contributed by atoms with E-state index in [4.69, 9.17) is 0 Å². The topological polar surface area (TPSA) is 0 Å². The normalized spacial score (nSPS) is 12.0. The van der Waals surface area contributed by atoms with Crippen LogP contribution in [0, 0.1) is 0 Å². The van der Waals surface area contributed by atoms with Gasteiger partial charge in [-0.3, -0.25) is 0 Å². The maximum atomic E-state index is 2.37. The van der Waals surface area contributed by atoms with E-state index in [1.54, 1.807) is 0 Å². The van der Waals surface area contributed by atoms with Crippen LogP contribution >= 0.6 is 0 Å². The van der Waals surface area contributed by atoms with Crippen LogP contribution in [0.1, 0.15) is 23.6 Å². The van der Waals surface area contributed by atoms with Crippen LogP contribution in [0.25, 0.3) is 22.3 Å². The Morgan fingerprint density at radius 1 is 0.762 bits per heavy atom. The molecule has 0 atom stereocenters. The van der Waals surface area contributed by atoms with Gasteiger partial charge in [0.05, 0.1) is 0 Å². The standard InChI is InChI=1S/C21H18/c1-2-15-9-6-10-19-13-18-12-11-17(14-20(18)21(15)19)16-7-4-3-5-8-16/h3-12,14H,2,13H2,1H3. The molecule has 21 heavy (non-hydrogen) atoms. The Balaban J connectivity index is 1.91. The fourth-order valence-corrected chi connectivity index (χ4v) is 3.42. The quantitative estimate of drug-likeness (QED) is 0.452. The zero-order chi connectivity index (χ0) is 14.2. The van der Waals surface area contributed by atoms with Gasteiger partial charge in [0.15, 0.2) is 0 Å². The Morgan fingerprint density at radius 2 is 1.62 bits per heavy atom. The molecule has 3 aromatic carbocycles. The molecule has 1 aliphatic carbocycles. The maximum Gasteiger partial charge on any atom is -0.00133 e. The Kier molecular flexibility index (Phi) is 2.89. The Hall–Kier alpha value is -2.34. The van der Waals surface area contributed by atoms with E-state index >= 15 is 0 Å². The first-order valence-corrected chi connectivity index (χ1v) is 7.66. The van der Waals surface area contributed by atoms with Crippen molar-refractivity contribution in [3.63, 3.8) is 0 Å². The number of hydrogen-bond donors (Lipinski definition) is 0. The van der Waals surface area contributed by atoms with Crippen molar-refractivity contribution in [2.45, 2.75) is 19.8 Å². The molecule has 0 N–H and O–H groups in total. The van der Waals surface area contributed by atoms with E-state index in [1.807, 2.05) is 0 Å². The van der Waals surface area contributed by atoms with Crippen molar-refractivity contribution in [1.29, 1.82) is 0 Å². The van der Waals surface area contributed by atoms with Crippen molar-refractivity contribution in [1.82, 2.24) is 0 Å². The third-order valence-electron chi connectivity index (χ3n) is 4.49. The summed E-state index contributed by atoms with van der Waals surface area (Å²) < 4.78 is 0. The third kappa shape index (κ3) is 1.99. The molecule has 0 heteroatoms. The van der Waals surface area contributed by atoms with Crippen molar-refractivity contribution < 1.29 is 0 Å². The summed E-state index contributed by atoms with van der Waals surface area (Å²) in [6, 6.07) is 24.3. The molecular formula is C21H18. The summed E-state index contributed by atoms with van der Waals surface area (Å²) in [6.07, 6.45) is 2.17. The first kappa shape index (κ1) is 12.4. The Morgan fingerprint density at radius 3 is 2.43 bits per heavy atom. The average Bonchev–Trinajstić information content (AvgIpc) is 2.93. The molecule has 1 aliphatic rings. The van der Waals surface area contributed by atoms with Crippen molar-refractivity contribution in [2.75, 3.05) is 0 Å². The summed E-state index contributed by atoms with van der Waals surface area (Å²) in [5.41, 5.74) is 9.93. The highest BCUT2D eigenvalue weighted by molar-refractivity contribution is 5.83. The van der Waals surface area contributed by atoms with Crippen LogP contribution in [0.2, 0.25) is 0 Å². The van der Waals surface area contributed by atoms with Crippen LogP contribution in [0.15, 0.2) is 66.7 Å². The fourth-order valence-electron chi connectivity index (χ4n) is 3.42. The second-order valence-corrected chi connectivity index (χ2v) is 5.72. The van der Waals surface area contributed by atoms with Crippen molar-refractivity contribution >= 4 is 0 Å². The highest BCUT2D eigenvalue weighted by Gasteiger charge is 2.20. The van der Waals surface area contributed by atoms with Crippen LogP contribution in [0.3, 0.4) is 0 Å². The summed E-state index contributed by atoms with van der Waals surface area (Å²) >= 11 is 0. The number of benzene rings is 3. The largest absolute Gasteiger partial charge is 0.0622 e. The van der Waals surface area contributed by atoms with Gasteiger partial charge >= 0.3 is 0 Å². The lowest BCUT2D eigenvalue weighted by Gasteiger charge is -2.09. The van der Waals surface area contributed by atoms with Gasteiger partial charge in [0.2, 0.25) is 0 Å². The van der Waals surface area contributed by atoms with Gasteiger partial charge in [-0.2, -0.15) is 0 Å². The Labute approximate surface area is 126 Å². The molecule has 0 nitrogen and oxygen atoms in total. The van der Waals surface area contributed by atoms with E-state index in [9.17, 15) is 0 Å². The van der Waals surface area contributed by atoms with Gasteiger partial charge in [-0.05, 0) is 57.9 Å². The van der Waals surface area contributed by atoms with Gasteiger partial charge < -0.3 is 0 Å². The predicted molar refractivity (Wildman–Crippen MR) is 89.5 cm³/mol. The summed E-state index contributed by atoms with van der Waals surface area (Å²) in [5.74, 6) is 0.